The van der Waals surface area contributed by atoms with Gasteiger partial charge in [-0.3, -0.25) is 4.55 Å². The molecule has 0 spiro atoms. The van der Waals surface area contributed by atoms with E-state index in [2.05, 4.69) is 0 Å². The van der Waals surface area contributed by atoms with Gasteiger partial charge in [-0.15, -0.1) is 0 Å². The average Bonchev–Trinajstić information content (AvgIpc) is 1.88. The van der Waals surface area contributed by atoms with Gasteiger partial charge in [0.05, 0.1) is 6.26 Å². The summed E-state index contributed by atoms with van der Waals surface area (Å²) in [5.74, 6) is 0. The lowest BCUT2D eigenvalue weighted by molar-refractivity contribution is 0.490. The molecule has 0 saturated heterocycles. The molecule has 0 fully saturated rings. The maximum Gasteiger partial charge on any atom is 0.261 e. The molecule has 1 N–H and O–H groups in total. The molecule has 0 aliphatic carbocycles. The van der Waals surface area contributed by atoms with Gasteiger partial charge in [-0.1, -0.05) is 36.4 Å². The van der Waals surface area contributed by atoms with E-state index in [1.165, 1.54) is 0 Å². The highest BCUT2D eigenvalue weighted by atomic mass is 32.2. The van der Waals surface area contributed by atoms with Crippen molar-refractivity contribution in [2.24, 2.45) is 0 Å². The summed E-state index contributed by atoms with van der Waals surface area (Å²) in [6, 6.07) is 12.0. The summed E-state index contributed by atoms with van der Waals surface area (Å²) in [7, 11) is -3.67. The summed E-state index contributed by atoms with van der Waals surface area (Å²) < 4.78 is 25.9. The molecule has 0 bridgehead atoms. The Kier molecular flexibility index (Phi) is 8.49. The molecule has 0 aliphatic heterocycles. The Morgan fingerprint density at radius 3 is 1.08 bits per heavy atom. The summed E-state index contributed by atoms with van der Waals surface area (Å²) in [6.07, 6.45) is 0.715. The van der Waals surface area contributed by atoms with Crippen LogP contribution in [0.1, 0.15) is 0 Å². The third-order valence-corrected chi connectivity index (χ3v) is 0.667. The first-order valence-electron chi connectivity index (χ1n) is 2.92. The van der Waals surface area contributed by atoms with Crippen LogP contribution in [0.3, 0.4) is 0 Å². The maximum atomic E-state index is 9.19. The lowest BCUT2D eigenvalue weighted by Gasteiger charge is -1.69. The second-order valence-electron chi connectivity index (χ2n) is 1.89. The van der Waals surface area contributed by atoms with E-state index in [9.17, 15) is 8.42 Å². The second-order valence-corrected chi connectivity index (χ2v) is 3.35. The van der Waals surface area contributed by atoms with Gasteiger partial charge in [0, 0.05) is 0 Å². The van der Waals surface area contributed by atoms with Gasteiger partial charge < -0.3 is 0 Å². The van der Waals surface area contributed by atoms with Crippen molar-refractivity contribution in [2.45, 2.75) is 0 Å². The third kappa shape index (κ3) is 22.7. The Bertz CT molecular complexity index is 235. The molecule has 1 atom stereocenters. The van der Waals surface area contributed by atoms with E-state index in [4.69, 9.17) is 4.55 Å². The van der Waals surface area contributed by atoms with Crippen LogP contribution in [0.25, 0.3) is 0 Å². The Morgan fingerprint density at radius 1 is 0.917 bits per heavy atom. The van der Waals surface area contributed by atoms with Crippen molar-refractivity contribution < 1.29 is 13.0 Å². The van der Waals surface area contributed by atoms with Crippen LogP contribution in [-0.4, -0.2) is 19.2 Å². The fraction of sp³-hybridized carbons (Fsp3) is 0.143. The number of hydrogen-bond donors (Lipinski definition) is 1. The van der Waals surface area contributed by atoms with Crippen LogP contribution in [0.15, 0.2) is 36.4 Å². The molecule has 0 heterocycles. The van der Waals surface area contributed by atoms with Gasteiger partial charge >= 0.3 is 0 Å². The summed E-state index contributed by atoms with van der Waals surface area (Å²) in [5, 5.41) is 0. The van der Waals surface area contributed by atoms with Gasteiger partial charge in [-0.25, -0.2) is 0 Å². The van der Waals surface area contributed by atoms with Crippen molar-refractivity contribution in [3.05, 3.63) is 36.4 Å². The molecule has 1 unspecified atom stereocenters. The summed E-state index contributed by atoms with van der Waals surface area (Å²) in [5.41, 5.74) is 0. The summed E-state index contributed by atoms with van der Waals surface area (Å²) in [4.78, 5) is 0. The Hall–Kier alpha value is -0.440. The highest BCUT2D eigenvalue weighted by Crippen LogP contribution is 1.79. The molecule has 5 heteroatoms. The normalized spacial score (nSPS) is 8.83. The quantitative estimate of drug-likeness (QED) is 0.515. The predicted octanol–water partition coefficient (Wildman–Crippen LogP) is 1.25. The van der Waals surface area contributed by atoms with Crippen molar-refractivity contribution >= 4 is 20.0 Å². The molecule has 0 amide bonds. The first-order valence-corrected chi connectivity index (χ1v) is 4.77. The molecule has 70 valence electrons. The van der Waals surface area contributed by atoms with Gasteiger partial charge in [0.15, 0.2) is 0 Å². The van der Waals surface area contributed by atoms with Crippen LogP contribution in [0.5, 0.6) is 0 Å². The van der Waals surface area contributed by atoms with Crippen LogP contribution in [0.4, 0.5) is 0 Å². The molecule has 0 saturated carbocycles. The van der Waals surface area contributed by atoms with Crippen molar-refractivity contribution in [1.82, 2.24) is 0 Å². The molecular weight excluding hydrogens is 195 g/mol. The SMILES string of the molecule is CS(=O)(=O)O.P.c1ccccc1. The molecule has 1 aromatic rings. The minimum absolute atomic E-state index is 0. The molecule has 12 heavy (non-hydrogen) atoms. The van der Waals surface area contributed by atoms with Crippen molar-refractivity contribution in [2.75, 3.05) is 6.26 Å². The lowest BCUT2D eigenvalue weighted by Crippen LogP contribution is -1.88. The van der Waals surface area contributed by atoms with Crippen LogP contribution in [0.2, 0.25) is 0 Å². The summed E-state index contributed by atoms with van der Waals surface area (Å²) in [6.45, 7) is 0. The van der Waals surface area contributed by atoms with E-state index < -0.39 is 10.1 Å². The minimum atomic E-state index is -3.67. The molecule has 1 aromatic carbocycles. The minimum Gasteiger partial charge on any atom is -0.286 e. The van der Waals surface area contributed by atoms with Gasteiger partial charge in [-0.2, -0.15) is 18.3 Å². The van der Waals surface area contributed by atoms with Gasteiger partial charge in [-0.05, 0) is 0 Å². The lowest BCUT2D eigenvalue weighted by atomic mass is 10.4. The van der Waals surface area contributed by atoms with E-state index in [1.807, 2.05) is 36.4 Å². The first-order chi connectivity index (χ1) is 5.00. The van der Waals surface area contributed by atoms with E-state index in [-0.39, 0.29) is 9.90 Å². The van der Waals surface area contributed by atoms with Crippen LogP contribution in [0, 0.1) is 0 Å². The molecule has 0 aliphatic rings. The number of benzene rings is 1. The smallest absolute Gasteiger partial charge is 0.261 e. The largest absolute Gasteiger partial charge is 0.286 e. The Morgan fingerprint density at radius 2 is 1.00 bits per heavy atom. The summed E-state index contributed by atoms with van der Waals surface area (Å²) >= 11 is 0. The predicted molar refractivity (Wildman–Crippen MR) is 55.0 cm³/mol. The van der Waals surface area contributed by atoms with Crippen molar-refractivity contribution in [3.63, 3.8) is 0 Å². The van der Waals surface area contributed by atoms with E-state index >= 15 is 0 Å². The highest BCUT2D eigenvalue weighted by Gasteiger charge is 1.81. The standard InChI is InChI=1S/C6H6.CH4O3S.H3P/c1-2-4-6-5-3-1;1-5(2,3)4;/h1-6H;1H3,(H,2,3,4);1H3. The molecule has 0 radical (unpaired) electrons. The number of hydrogen-bond acceptors (Lipinski definition) is 2. The fourth-order valence-electron chi connectivity index (χ4n) is 0.385. The highest BCUT2D eigenvalue weighted by molar-refractivity contribution is 7.85. The van der Waals surface area contributed by atoms with Crippen molar-refractivity contribution in [1.29, 1.82) is 0 Å². The molecule has 0 aromatic heterocycles. The maximum absolute atomic E-state index is 9.19. The molecular formula is C7H13O3PS. The Labute approximate surface area is 76.2 Å². The van der Waals surface area contributed by atoms with Crippen LogP contribution < -0.4 is 0 Å². The second kappa shape index (κ2) is 7.22. The zero-order valence-corrected chi connectivity index (χ0v) is 9.07. The zero-order chi connectivity index (χ0) is 8.74. The van der Waals surface area contributed by atoms with E-state index in [1.54, 1.807) is 0 Å². The monoisotopic (exact) mass is 208 g/mol. The van der Waals surface area contributed by atoms with Crippen LogP contribution >= 0.6 is 9.90 Å². The topological polar surface area (TPSA) is 54.4 Å². The van der Waals surface area contributed by atoms with Crippen LogP contribution in [-0.2, 0) is 10.1 Å². The van der Waals surface area contributed by atoms with Crippen molar-refractivity contribution in [3.8, 4) is 0 Å². The average molecular weight is 208 g/mol. The number of rotatable bonds is 0. The first kappa shape index (κ1) is 14.1. The zero-order valence-electron chi connectivity index (χ0n) is 6.84. The van der Waals surface area contributed by atoms with E-state index in [0.29, 0.717) is 6.26 Å². The van der Waals surface area contributed by atoms with Gasteiger partial charge in [0.1, 0.15) is 0 Å². The van der Waals surface area contributed by atoms with Gasteiger partial charge in [0.2, 0.25) is 0 Å². The van der Waals surface area contributed by atoms with E-state index in [0.717, 1.165) is 0 Å². The third-order valence-electron chi connectivity index (χ3n) is 0.667. The Balaban J connectivity index is 0. The fourth-order valence-corrected chi connectivity index (χ4v) is 0.385. The van der Waals surface area contributed by atoms with Gasteiger partial charge in [0.25, 0.3) is 10.1 Å². The molecule has 3 nitrogen and oxygen atoms in total. The molecule has 1 rings (SSSR count).